The number of aromatic nitrogens is 2. The van der Waals surface area contributed by atoms with Gasteiger partial charge in [-0.1, -0.05) is 12.1 Å². The van der Waals surface area contributed by atoms with E-state index in [0.29, 0.717) is 12.6 Å². The van der Waals surface area contributed by atoms with Gasteiger partial charge in [0.2, 0.25) is 5.91 Å². The molecule has 1 saturated heterocycles. The number of nitrogens with one attached hydrogen (secondary N) is 1. The second-order valence-corrected chi connectivity index (χ2v) is 7.45. The zero-order chi connectivity index (χ0) is 18.5. The Bertz CT molecular complexity index is 696. The molecule has 2 heterocycles. The number of carbonyl (C=O) groups excluding carboxylic acids is 1. The smallest absolute Gasteiger partial charge is 0.224 e. The second kappa shape index (κ2) is 8.47. The molecule has 1 amide bonds. The van der Waals surface area contributed by atoms with Crippen LogP contribution in [0.25, 0.3) is 5.69 Å². The number of likely N-dealkylation sites (tertiary alicyclic amines) is 1. The maximum absolute atomic E-state index is 12.6. The van der Waals surface area contributed by atoms with E-state index in [1.54, 1.807) is 6.20 Å². The van der Waals surface area contributed by atoms with E-state index in [4.69, 9.17) is 0 Å². The van der Waals surface area contributed by atoms with Crippen LogP contribution < -0.4 is 5.32 Å². The molecule has 6 nitrogen and oxygen atoms in total. The fraction of sp³-hybridized carbons (Fsp3) is 0.500. The molecule has 1 aromatic carbocycles. The van der Waals surface area contributed by atoms with Gasteiger partial charge in [0.15, 0.2) is 0 Å². The lowest BCUT2D eigenvalue weighted by atomic mass is 10.0. The SMILES string of the molecule is CN1C[C@H](C(=O)NCc2ccc(-n3cccn3)cc2)CC[C@H](N(C)C)C1. The van der Waals surface area contributed by atoms with E-state index in [0.717, 1.165) is 37.2 Å². The molecule has 1 fully saturated rings. The number of rotatable bonds is 5. The third kappa shape index (κ3) is 4.71. The summed E-state index contributed by atoms with van der Waals surface area (Å²) in [4.78, 5) is 17.2. The predicted molar refractivity (Wildman–Crippen MR) is 103 cm³/mol. The fourth-order valence-corrected chi connectivity index (χ4v) is 3.54. The summed E-state index contributed by atoms with van der Waals surface area (Å²) in [6.07, 6.45) is 5.68. The molecule has 0 aliphatic carbocycles. The minimum Gasteiger partial charge on any atom is -0.352 e. The number of carbonyl (C=O) groups is 1. The van der Waals surface area contributed by atoms with Gasteiger partial charge in [0.05, 0.1) is 11.6 Å². The van der Waals surface area contributed by atoms with Gasteiger partial charge in [0.1, 0.15) is 0 Å². The summed E-state index contributed by atoms with van der Waals surface area (Å²) < 4.78 is 1.82. The molecule has 6 heteroatoms. The maximum atomic E-state index is 12.6. The average molecular weight is 355 g/mol. The van der Waals surface area contributed by atoms with Crippen molar-refractivity contribution in [3.05, 3.63) is 48.3 Å². The van der Waals surface area contributed by atoms with E-state index in [9.17, 15) is 4.79 Å². The topological polar surface area (TPSA) is 53.4 Å². The number of benzene rings is 1. The van der Waals surface area contributed by atoms with Gasteiger partial charge >= 0.3 is 0 Å². The van der Waals surface area contributed by atoms with Crippen LogP contribution in [0.15, 0.2) is 42.7 Å². The molecule has 0 unspecified atom stereocenters. The summed E-state index contributed by atoms with van der Waals surface area (Å²) in [6.45, 7) is 2.41. The number of likely N-dealkylation sites (N-methyl/N-ethyl adjacent to an activating group) is 2. The summed E-state index contributed by atoms with van der Waals surface area (Å²) in [7, 11) is 6.34. The molecule has 1 aliphatic heterocycles. The first-order valence-electron chi connectivity index (χ1n) is 9.24. The van der Waals surface area contributed by atoms with Crippen molar-refractivity contribution in [1.29, 1.82) is 0 Å². The van der Waals surface area contributed by atoms with Gasteiger partial charge in [-0.15, -0.1) is 0 Å². The van der Waals surface area contributed by atoms with E-state index in [1.165, 1.54) is 0 Å². The predicted octanol–water partition coefficient (Wildman–Crippen LogP) is 1.76. The van der Waals surface area contributed by atoms with Gasteiger partial charge in [0.25, 0.3) is 0 Å². The first kappa shape index (κ1) is 18.6. The lowest BCUT2D eigenvalue weighted by molar-refractivity contribution is -0.125. The van der Waals surface area contributed by atoms with Crippen molar-refractivity contribution in [2.75, 3.05) is 34.2 Å². The molecule has 3 rings (SSSR count). The van der Waals surface area contributed by atoms with Gasteiger partial charge in [0, 0.05) is 38.1 Å². The zero-order valence-electron chi connectivity index (χ0n) is 15.9. The zero-order valence-corrected chi connectivity index (χ0v) is 15.9. The van der Waals surface area contributed by atoms with Crippen LogP contribution in [0.3, 0.4) is 0 Å². The van der Waals surface area contributed by atoms with E-state index in [1.807, 2.05) is 41.2 Å². The number of nitrogens with zero attached hydrogens (tertiary/aromatic N) is 4. The highest BCUT2D eigenvalue weighted by molar-refractivity contribution is 5.78. The van der Waals surface area contributed by atoms with Gasteiger partial charge in [-0.25, -0.2) is 4.68 Å². The second-order valence-electron chi connectivity index (χ2n) is 7.45. The molecule has 1 aromatic heterocycles. The van der Waals surface area contributed by atoms with Crippen molar-refractivity contribution in [3.8, 4) is 5.69 Å². The molecule has 2 atom stereocenters. The summed E-state index contributed by atoms with van der Waals surface area (Å²) >= 11 is 0. The molecule has 0 bridgehead atoms. The molecule has 0 saturated carbocycles. The standard InChI is InChI=1S/C20H29N5O/c1-23(2)19-10-7-17(14-24(3)15-19)20(26)21-13-16-5-8-18(9-6-16)25-12-4-11-22-25/h4-6,8-9,11-12,17,19H,7,10,13-15H2,1-3H3,(H,21,26)/t17-,19+/m1/s1. The number of amides is 1. The lowest BCUT2D eigenvalue weighted by Gasteiger charge is -2.25. The fourth-order valence-electron chi connectivity index (χ4n) is 3.54. The van der Waals surface area contributed by atoms with Gasteiger partial charge in [-0.3, -0.25) is 4.79 Å². The molecule has 0 spiro atoms. The molecule has 1 N–H and O–H groups in total. The highest BCUT2D eigenvalue weighted by Gasteiger charge is 2.27. The van der Waals surface area contributed by atoms with Gasteiger partial charge < -0.3 is 15.1 Å². The van der Waals surface area contributed by atoms with Crippen LogP contribution in [-0.4, -0.2) is 65.8 Å². The van der Waals surface area contributed by atoms with Crippen LogP contribution >= 0.6 is 0 Å². The lowest BCUT2D eigenvalue weighted by Crippen LogP contribution is -2.39. The molecular formula is C20H29N5O. The van der Waals surface area contributed by atoms with Crippen LogP contribution in [0.1, 0.15) is 18.4 Å². The molecule has 140 valence electrons. The molecule has 2 aromatic rings. The minimum atomic E-state index is 0.0632. The van der Waals surface area contributed by atoms with Crippen LogP contribution in [0, 0.1) is 5.92 Å². The van der Waals surface area contributed by atoms with Crippen LogP contribution in [-0.2, 0) is 11.3 Å². The maximum Gasteiger partial charge on any atom is 0.224 e. The highest BCUT2D eigenvalue weighted by Crippen LogP contribution is 2.19. The molecule has 0 radical (unpaired) electrons. The quantitative estimate of drug-likeness (QED) is 0.888. The van der Waals surface area contributed by atoms with Crippen LogP contribution in [0.4, 0.5) is 0 Å². The third-order valence-electron chi connectivity index (χ3n) is 5.18. The Morgan fingerprint density at radius 2 is 2.00 bits per heavy atom. The summed E-state index contributed by atoms with van der Waals surface area (Å²) in [5, 5.41) is 7.34. The largest absolute Gasteiger partial charge is 0.352 e. The number of hydrogen-bond donors (Lipinski definition) is 1. The van der Waals surface area contributed by atoms with Crippen LogP contribution in [0.2, 0.25) is 0 Å². The van der Waals surface area contributed by atoms with Crippen molar-refractivity contribution in [3.63, 3.8) is 0 Å². The van der Waals surface area contributed by atoms with Crippen molar-refractivity contribution >= 4 is 5.91 Å². The first-order valence-corrected chi connectivity index (χ1v) is 9.24. The third-order valence-corrected chi connectivity index (χ3v) is 5.18. The van der Waals surface area contributed by atoms with E-state index in [2.05, 4.69) is 41.4 Å². The first-order chi connectivity index (χ1) is 12.5. The van der Waals surface area contributed by atoms with E-state index < -0.39 is 0 Å². The Balaban J connectivity index is 1.53. The summed E-state index contributed by atoms with van der Waals surface area (Å²) in [6, 6.07) is 10.5. The van der Waals surface area contributed by atoms with E-state index >= 15 is 0 Å². The Labute approximate surface area is 155 Å². The molecular weight excluding hydrogens is 326 g/mol. The monoisotopic (exact) mass is 355 g/mol. The van der Waals surface area contributed by atoms with E-state index in [-0.39, 0.29) is 11.8 Å². The molecule has 1 aliphatic rings. The minimum absolute atomic E-state index is 0.0632. The normalized spacial score (nSPS) is 21.5. The average Bonchev–Trinajstić information content (AvgIpc) is 3.09. The Hall–Kier alpha value is -2.18. The number of hydrogen-bond acceptors (Lipinski definition) is 4. The van der Waals surface area contributed by atoms with Crippen molar-refractivity contribution in [2.24, 2.45) is 5.92 Å². The highest BCUT2D eigenvalue weighted by atomic mass is 16.1. The summed E-state index contributed by atoms with van der Waals surface area (Å²) in [5.41, 5.74) is 2.12. The Morgan fingerprint density at radius 1 is 1.23 bits per heavy atom. The van der Waals surface area contributed by atoms with Crippen molar-refractivity contribution in [1.82, 2.24) is 24.9 Å². The summed E-state index contributed by atoms with van der Waals surface area (Å²) in [5.74, 6) is 0.223. The van der Waals surface area contributed by atoms with Gasteiger partial charge in [-0.2, -0.15) is 5.10 Å². The van der Waals surface area contributed by atoms with Crippen molar-refractivity contribution < 1.29 is 4.79 Å². The Morgan fingerprint density at radius 3 is 2.65 bits per heavy atom. The van der Waals surface area contributed by atoms with Crippen molar-refractivity contribution in [2.45, 2.75) is 25.4 Å². The van der Waals surface area contributed by atoms with Crippen LogP contribution in [0.5, 0.6) is 0 Å². The Kier molecular flexibility index (Phi) is 6.06. The van der Waals surface area contributed by atoms with Gasteiger partial charge in [-0.05, 0) is 57.7 Å². The molecule has 26 heavy (non-hydrogen) atoms.